The van der Waals surface area contributed by atoms with Gasteiger partial charge in [-0.1, -0.05) is 6.07 Å². The van der Waals surface area contributed by atoms with E-state index in [0.717, 1.165) is 27.2 Å². The molecule has 2 heterocycles. The third-order valence-corrected chi connectivity index (χ3v) is 3.67. The van der Waals surface area contributed by atoms with Gasteiger partial charge in [0.1, 0.15) is 12.1 Å². The van der Waals surface area contributed by atoms with Crippen molar-refractivity contribution in [3.63, 3.8) is 0 Å². The summed E-state index contributed by atoms with van der Waals surface area (Å²) in [6.45, 7) is 2.65. The fourth-order valence-electron chi connectivity index (χ4n) is 1.85. The average Bonchev–Trinajstić information content (AvgIpc) is 3.10. The number of halogens is 1. The van der Waals surface area contributed by atoms with Crippen LogP contribution < -0.4 is 5.32 Å². The van der Waals surface area contributed by atoms with Gasteiger partial charge in [-0.3, -0.25) is 0 Å². The standard InChI is InChI=1S/C13H12BrN5O/c1-9-2-3-10(19-8-16-17-18-19)6-12(9)15-7-13-11(14)4-5-20-13/h2-6,8,15H,7H2,1H3. The Kier molecular flexibility index (Phi) is 3.51. The van der Waals surface area contributed by atoms with Gasteiger partial charge in [0.05, 0.1) is 23.0 Å². The second-order valence-corrected chi connectivity index (χ2v) is 5.15. The van der Waals surface area contributed by atoms with E-state index in [9.17, 15) is 0 Å². The first-order valence-electron chi connectivity index (χ1n) is 6.04. The summed E-state index contributed by atoms with van der Waals surface area (Å²) in [7, 11) is 0. The molecule has 0 aliphatic carbocycles. The Morgan fingerprint density at radius 1 is 1.35 bits per heavy atom. The van der Waals surface area contributed by atoms with E-state index in [0.29, 0.717) is 6.54 Å². The van der Waals surface area contributed by atoms with E-state index in [1.165, 1.54) is 0 Å². The molecule has 1 aromatic carbocycles. The number of aromatic nitrogens is 4. The highest BCUT2D eigenvalue weighted by atomic mass is 79.9. The van der Waals surface area contributed by atoms with E-state index in [-0.39, 0.29) is 0 Å². The fourth-order valence-corrected chi connectivity index (χ4v) is 2.19. The second kappa shape index (κ2) is 5.46. The fraction of sp³-hybridized carbons (Fsp3) is 0.154. The summed E-state index contributed by atoms with van der Waals surface area (Å²) >= 11 is 3.44. The van der Waals surface area contributed by atoms with Crippen LogP contribution in [0.25, 0.3) is 5.69 Å². The zero-order chi connectivity index (χ0) is 13.9. The average molecular weight is 334 g/mol. The largest absolute Gasteiger partial charge is 0.466 e. The van der Waals surface area contributed by atoms with Gasteiger partial charge in [0.2, 0.25) is 0 Å². The minimum atomic E-state index is 0.605. The van der Waals surface area contributed by atoms with Crippen LogP contribution in [0.3, 0.4) is 0 Å². The van der Waals surface area contributed by atoms with Crippen LogP contribution in [0.2, 0.25) is 0 Å². The molecule has 102 valence electrons. The van der Waals surface area contributed by atoms with Crippen LogP contribution >= 0.6 is 15.9 Å². The van der Waals surface area contributed by atoms with Crippen molar-refractivity contribution in [1.82, 2.24) is 20.2 Å². The monoisotopic (exact) mass is 333 g/mol. The zero-order valence-electron chi connectivity index (χ0n) is 10.7. The predicted molar refractivity (Wildman–Crippen MR) is 77.6 cm³/mol. The Labute approximate surface area is 123 Å². The lowest BCUT2D eigenvalue weighted by Gasteiger charge is -2.10. The maximum absolute atomic E-state index is 5.38. The number of hydrogen-bond donors (Lipinski definition) is 1. The molecular formula is C13H12BrN5O. The summed E-state index contributed by atoms with van der Waals surface area (Å²) in [5.74, 6) is 0.859. The smallest absolute Gasteiger partial charge is 0.143 e. The number of rotatable bonds is 4. The second-order valence-electron chi connectivity index (χ2n) is 4.30. The molecule has 0 bridgehead atoms. The quantitative estimate of drug-likeness (QED) is 0.794. The van der Waals surface area contributed by atoms with E-state index < -0.39 is 0 Å². The number of nitrogens with one attached hydrogen (secondary N) is 1. The molecule has 7 heteroatoms. The number of nitrogens with zero attached hydrogens (tertiary/aromatic N) is 4. The van der Waals surface area contributed by atoms with Gasteiger partial charge in [0, 0.05) is 5.69 Å². The molecule has 3 aromatic rings. The molecule has 20 heavy (non-hydrogen) atoms. The molecule has 0 aliphatic heterocycles. The lowest BCUT2D eigenvalue weighted by molar-refractivity contribution is 0.516. The summed E-state index contributed by atoms with van der Waals surface area (Å²) in [5.41, 5.74) is 3.06. The van der Waals surface area contributed by atoms with Gasteiger partial charge in [-0.25, -0.2) is 4.68 Å². The van der Waals surface area contributed by atoms with Crippen LogP contribution in [0, 0.1) is 6.92 Å². The van der Waals surface area contributed by atoms with Gasteiger partial charge in [-0.15, -0.1) is 5.10 Å². The van der Waals surface area contributed by atoms with Crippen LogP contribution in [0.4, 0.5) is 5.69 Å². The molecule has 0 spiro atoms. The molecule has 0 atom stereocenters. The van der Waals surface area contributed by atoms with Gasteiger partial charge in [0.15, 0.2) is 0 Å². The maximum atomic E-state index is 5.38. The Morgan fingerprint density at radius 3 is 2.95 bits per heavy atom. The maximum Gasteiger partial charge on any atom is 0.143 e. The molecule has 3 rings (SSSR count). The van der Waals surface area contributed by atoms with Crippen LogP contribution in [0.15, 0.2) is 45.7 Å². The van der Waals surface area contributed by atoms with Gasteiger partial charge < -0.3 is 9.73 Å². The highest BCUT2D eigenvalue weighted by Gasteiger charge is 2.06. The Morgan fingerprint density at radius 2 is 2.25 bits per heavy atom. The van der Waals surface area contributed by atoms with Crippen LogP contribution in [-0.4, -0.2) is 20.2 Å². The van der Waals surface area contributed by atoms with Crippen LogP contribution in [0.1, 0.15) is 11.3 Å². The van der Waals surface area contributed by atoms with Gasteiger partial charge >= 0.3 is 0 Å². The third-order valence-electron chi connectivity index (χ3n) is 2.97. The first kappa shape index (κ1) is 12.9. The third kappa shape index (κ3) is 2.57. The van der Waals surface area contributed by atoms with Gasteiger partial charge in [-0.2, -0.15) is 0 Å². The Hall–Kier alpha value is -2.15. The van der Waals surface area contributed by atoms with Crippen LogP contribution in [-0.2, 0) is 6.54 Å². The molecule has 0 saturated heterocycles. The van der Waals surface area contributed by atoms with E-state index in [1.807, 2.05) is 31.2 Å². The topological polar surface area (TPSA) is 68.8 Å². The van der Waals surface area contributed by atoms with E-state index in [1.54, 1.807) is 17.3 Å². The highest BCUT2D eigenvalue weighted by molar-refractivity contribution is 9.10. The predicted octanol–water partition coefficient (Wildman–Crippen LogP) is 2.94. The van der Waals surface area contributed by atoms with Gasteiger partial charge in [-0.05, 0) is 57.0 Å². The summed E-state index contributed by atoms with van der Waals surface area (Å²) in [6.07, 6.45) is 3.23. The minimum Gasteiger partial charge on any atom is -0.466 e. The molecule has 1 N–H and O–H groups in total. The molecule has 6 nitrogen and oxygen atoms in total. The number of hydrogen-bond acceptors (Lipinski definition) is 5. The number of aryl methyl sites for hydroxylation is 1. The summed E-state index contributed by atoms with van der Waals surface area (Å²) in [6, 6.07) is 7.88. The number of furan rings is 1. The van der Waals surface area contributed by atoms with Crippen molar-refractivity contribution in [2.24, 2.45) is 0 Å². The van der Waals surface area contributed by atoms with Crippen molar-refractivity contribution >= 4 is 21.6 Å². The summed E-state index contributed by atoms with van der Waals surface area (Å²) in [4.78, 5) is 0. The van der Waals surface area contributed by atoms with Crippen molar-refractivity contribution in [3.05, 3.63) is 52.7 Å². The molecular weight excluding hydrogens is 322 g/mol. The number of anilines is 1. The lowest BCUT2D eigenvalue weighted by Crippen LogP contribution is -2.03. The first-order chi connectivity index (χ1) is 9.74. The van der Waals surface area contributed by atoms with E-state index >= 15 is 0 Å². The van der Waals surface area contributed by atoms with Crippen molar-refractivity contribution in [2.75, 3.05) is 5.32 Å². The SMILES string of the molecule is Cc1ccc(-n2cnnn2)cc1NCc1occc1Br. The molecule has 2 aromatic heterocycles. The number of tetrazole rings is 1. The summed E-state index contributed by atoms with van der Waals surface area (Å²) < 4.78 is 7.96. The molecule has 0 fully saturated rings. The normalized spacial score (nSPS) is 10.7. The summed E-state index contributed by atoms with van der Waals surface area (Å²) in [5, 5.41) is 14.5. The van der Waals surface area contributed by atoms with Crippen molar-refractivity contribution in [1.29, 1.82) is 0 Å². The minimum absolute atomic E-state index is 0.605. The van der Waals surface area contributed by atoms with Crippen LogP contribution in [0.5, 0.6) is 0 Å². The van der Waals surface area contributed by atoms with Crippen molar-refractivity contribution < 1.29 is 4.42 Å². The molecule has 0 amide bonds. The van der Waals surface area contributed by atoms with E-state index in [4.69, 9.17) is 4.42 Å². The number of benzene rings is 1. The molecule has 0 radical (unpaired) electrons. The lowest BCUT2D eigenvalue weighted by atomic mass is 10.2. The Balaban J connectivity index is 1.82. The van der Waals surface area contributed by atoms with E-state index in [2.05, 4.69) is 36.8 Å². The van der Waals surface area contributed by atoms with Gasteiger partial charge in [0.25, 0.3) is 0 Å². The Bertz CT molecular complexity index is 707. The highest BCUT2D eigenvalue weighted by Crippen LogP contribution is 2.22. The van der Waals surface area contributed by atoms with Crippen molar-refractivity contribution in [2.45, 2.75) is 13.5 Å². The van der Waals surface area contributed by atoms with Crippen molar-refractivity contribution in [3.8, 4) is 5.69 Å². The molecule has 0 saturated carbocycles. The molecule has 0 aliphatic rings. The molecule has 0 unspecified atom stereocenters. The zero-order valence-corrected chi connectivity index (χ0v) is 12.3. The first-order valence-corrected chi connectivity index (χ1v) is 6.83.